The summed E-state index contributed by atoms with van der Waals surface area (Å²) in [5, 5.41) is 0. The highest BCUT2D eigenvalue weighted by molar-refractivity contribution is 7.89. The van der Waals surface area contributed by atoms with Gasteiger partial charge in [0.05, 0.1) is 5.75 Å². The van der Waals surface area contributed by atoms with E-state index in [1.807, 2.05) is 42.5 Å². The summed E-state index contributed by atoms with van der Waals surface area (Å²) in [6, 6.07) is 22.2. The first kappa shape index (κ1) is 14.6. The van der Waals surface area contributed by atoms with E-state index in [1.165, 1.54) is 11.8 Å². The van der Waals surface area contributed by atoms with Gasteiger partial charge in [-0.3, -0.25) is 0 Å². The summed E-state index contributed by atoms with van der Waals surface area (Å²) in [6.07, 6.45) is 1.24. The van der Waals surface area contributed by atoms with E-state index in [2.05, 4.69) is 29.2 Å². The van der Waals surface area contributed by atoms with Crippen LogP contribution in [-0.2, 0) is 15.6 Å². The normalized spacial score (nSPS) is 11.5. The summed E-state index contributed by atoms with van der Waals surface area (Å²) in [7, 11) is -3.02. The number of aromatic nitrogens is 1. The highest BCUT2D eigenvalue weighted by atomic mass is 32.2. The van der Waals surface area contributed by atoms with Crippen LogP contribution in [0.4, 0.5) is 0 Å². The van der Waals surface area contributed by atoms with Crippen molar-refractivity contribution < 1.29 is 8.42 Å². The van der Waals surface area contributed by atoms with E-state index < -0.39 is 9.84 Å². The lowest BCUT2D eigenvalue weighted by molar-refractivity contribution is 0.600. The molecule has 0 fully saturated rings. The number of benzene rings is 2. The number of aromatic amines is 1. The van der Waals surface area contributed by atoms with Gasteiger partial charge in [-0.25, -0.2) is 8.42 Å². The van der Waals surface area contributed by atoms with Crippen molar-refractivity contribution >= 4 is 9.84 Å². The minimum atomic E-state index is -3.02. The van der Waals surface area contributed by atoms with E-state index in [1.54, 1.807) is 0 Å². The van der Waals surface area contributed by atoms with Crippen LogP contribution in [-0.4, -0.2) is 19.7 Å². The Bertz CT molecular complexity index is 863. The number of sulfone groups is 1. The lowest BCUT2D eigenvalue weighted by Crippen LogP contribution is -2.00. The van der Waals surface area contributed by atoms with Crippen LogP contribution in [0.3, 0.4) is 0 Å². The van der Waals surface area contributed by atoms with Gasteiger partial charge in [0.25, 0.3) is 0 Å². The molecule has 0 aliphatic rings. The highest BCUT2D eigenvalue weighted by Crippen LogP contribution is 2.24. The highest BCUT2D eigenvalue weighted by Gasteiger charge is 2.08. The second-order valence-electron chi connectivity index (χ2n) is 5.41. The zero-order valence-electron chi connectivity index (χ0n) is 12.3. The maximum absolute atomic E-state index is 11.3. The summed E-state index contributed by atoms with van der Waals surface area (Å²) in [4.78, 5) is 3.17. The summed E-state index contributed by atoms with van der Waals surface area (Å²) in [5.74, 6) is 0.0368. The van der Waals surface area contributed by atoms with Crippen LogP contribution in [0, 0.1) is 0 Å². The molecule has 0 saturated carbocycles. The molecule has 2 aromatic carbocycles. The fourth-order valence-corrected chi connectivity index (χ4v) is 3.18. The van der Waals surface area contributed by atoms with Crippen molar-refractivity contribution in [2.24, 2.45) is 0 Å². The molecule has 1 aromatic heterocycles. The van der Waals surface area contributed by atoms with Gasteiger partial charge >= 0.3 is 0 Å². The smallest absolute Gasteiger partial charge is 0.153 e. The maximum atomic E-state index is 11.3. The van der Waals surface area contributed by atoms with Crippen molar-refractivity contribution in [2.45, 2.75) is 5.75 Å². The van der Waals surface area contributed by atoms with E-state index in [9.17, 15) is 8.42 Å². The molecule has 0 amide bonds. The van der Waals surface area contributed by atoms with Gasteiger partial charge in [0, 0.05) is 17.6 Å². The summed E-state index contributed by atoms with van der Waals surface area (Å²) < 4.78 is 22.7. The molecule has 0 spiro atoms. The van der Waals surface area contributed by atoms with Gasteiger partial charge in [-0.1, -0.05) is 54.6 Å². The quantitative estimate of drug-likeness (QED) is 0.794. The maximum Gasteiger partial charge on any atom is 0.153 e. The molecule has 1 heterocycles. The first-order chi connectivity index (χ1) is 10.5. The van der Waals surface area contributed by atoms with Crippen LogP contribution in [0.2, 0.25) is 0 Å². The predicted octanol–water partition coefficient (Wildman–Crippen LogP) is 3.89. The van der Waals surface area contributed by atoms with Gasteiger partial charge in [0.1, 0.15) is 0 Å². The average Bonchev–Trinajstić information content (AvgIpc) is 2.95. The molecule has 0 radical (unpaired) electrons. The van der Waals surface area contributed by atoms with Crippen LogP contribution in [0.25, 0.3) is 22.4 Å². The molecule has 112 valence electrons. The van der Waals surface area contributed by atoms with Crippen molar-refractivity contribution in [3.63, 3.8) is 0 Å². The Labute approximate surface area is 130 Å². The molecule has 0 saturated heterocycles. The number of hydrogen-bond acceptors (Lipinski definition) is 2. The molecule has 0 bridgehead atoms. The number of nitrogens with one attached hydrogen (secondary N) is 1. The van der Waals surface area contributed by atoms with E-state index in [0.717, 1.165) is 16.8 Å². The molecule has 0 aliphatic carbocycles. The molecule has 4 heteroatoms. The fraction of sp³-hybridized carbons (Fsp3) is 0.111. The molecule has 0 atom stereocenters. The molecule has 3 nitrogen and oxygen atoms in total. The van der Waals surface area contributed by atoms with Gasteiger partial charge in [-0.2, -0.15) is 0 Å². The molecule has 0 aliphatic heterocycles. The summed E-state index contributed by atoms with van der Waals surface area (Å²) >= 11 is 0. The third-order valence-electron chi connectivity index (χ3n) is 3.47. The van der Waals surface area contributed by atoms with Gasteiger partial charge in [-0.15, -0.1) is 0 Å². The summed E-state index contributed by atoms with van der Waals surface area (Å²) in [5.41, 5.74) is 5.02. The van der Waals surface area contributed by atoms with Crippen LogP contribution >= 0.6 is 0 Å². The molecule has 3 rings (SSSR count). The Morgan fingerprint density at radius 2 is 1.36 bits per heavy atom. The Morgan fingerprint density at radius 1 is 0.773 bits per heavy atom. The zero-order valence-corrected chi connectivity index (χ0v) is 13.1. The Kier molecular flexibility index (Phi) is 3.86. The lowest BCUT2D eigenvalue weighted by atomic mass is 10.0. The van der Waals surface area contributed by atoms with Gasteiger partial charge < -0.3 is 4.98 Å². The van der Waals surface area contributed by atoms with E-state index in [4.69, 9.17) is 0 Å². The largest absolute Gasteiger partial charge is 0.358 e. The molecule has 0 unspecified atom stereocenters. The second-order valence-corrected chi connectivity index (χ2v) is 7.55. The number of rotatable bonds is 4. The standard InChI is InChI=1S/C18H17NO2S/c1-22(20,21)13-17-11-12-18(19-17)16-9-7-15(8-10-16)14-5-3-2-4-6-14/h2-12,19H,13H2,1H3. The second kappa shape index (κ2) is 5.81. The van der Waals surface area contributed by atoms with Gasteiger partial charge in [0.15, 0.2) is 9.84 Å². The minimum Gasteiger partial charge on any atom is -0.358 e. The lowest BCUT2D eigenvalue weighted by Gasteiger charge is -2.03. The van der Waals surface area contributed by atoms with Crippen LogP contribution in [0.15, 0.2) is 66.7 Å². The van der Waals surface area contributed by atoms with Gasteiger partial charge in [-0.05, 0) is 28.8 Å². The summed E-state index contributed by atoms with van der Waals surface area (Å²) in [6.45, 7) is 0. The molecular weight excluding hydrogens is 294 g/mol. The number of hydrogen-bond donors (Lipinski definition) is 1. The SMILES string of the molecule is CS(=O)(=O)Cc1ccc(-c2ccc(-c3ccccc3)cc2)[nH]1. The number of H-pyrrole nitrogens is 1. The minimum absolute atomic E-state index is 0.0368. The van der Waals surface area contributed by atoms with Crippen LogP contribution in [0.1, 0.15) is 5.69 Å². The molecule has 22 heavy (non-hydrogen) atoms. The van der Waals surface area contributed by atoms with Crippen molar-refractivity contribution in [2.75, 3.05) is 6.26 Å². The first-order valence-electron chi connectivity index (χ1n) is 7.03. The Balaban J connectivity index is 1.84. The van der Waals surface area contributed by atoms with E-state index >= 15 is 0 Å². The Hall–Kier alpha value is -2.33. The Morgan fingerprint density at radius 3 is 2.00 bits per heavy atom. The van der Waals surface area contributed by atoms with E-state index in [0.29, 0.717) is 5.69 Å². The van der Waals surface area contributed by atoms with Crippen molar-refractivity contribution in [1.29, 1.82) is 0 Å². The van der Waals surface area contributed by atoms with Gasteiger partial charge in [0.2, 0.25) is 0 Å². The average molecular weight is 311 g/mol. The third kappa shape index (κ3) is 3.46. The van der Waals surface area contributed by atoms with Crippen molar-refractivity contribution in [3.8, 4) is 22.4 Å². The van der Waals surface area contributed by atoms with E-state index in [-0.39, 0.29) is 5.75 Å². The molecular formula is C18H17NO2S. The van der Waals surface area contributed by atoms with Crippen LogP contribution < -0.4 is 0 Å². The molecule has 1 N–H and O–H groups in total. The predicted molar refractivity (Wildman–Crippen MR) is 90.2 cm³/mol. The monoisotopic (exact) mass is 311 g/mol. The molecule has 3 aromatic rings. The van der Waals surface area contributed by atoms with Crippen molar-refractivity contribution in [1.82, 2.24) is 4.98 Å². The third-order valence-corrected chi connectivity index (χ3v) is 4.30. The van der Waals surface area contributed by atoms with Crippen molar-refractivity contribution in [3.05, 3.63) is 72.4 Å². The first-order valence-corrected chi connectivity index (χ1v) is 9.09. The topological polar surface area (TPSA) is 49.9 Å². The van der Waals surface area contributed by atoms with Crippen LogP contribution in [0.5, 0.6) is 0 Å². The zero-order chi connectivity index (χ0) is 15.6. The fourth-order valence-electron chi connectivity index (χ4n) is 2.45.